The van der Waals surface area contributed by atoms with Gasteiger partial charge >= 0.3 is 6.03 Å². The molecule has 0 aliphatic carbocycles. The largest absolute Gasteiger partial charge is 0.338 e. The third kappa shape index (κ3) is 4.09. The number of hydrogen-bond acceptors (Lipinski definition) is 2. The molecular formula is C18H26N2O2. The van der Waals surface area contributed by atoms with E-state index >= 15 is 0 Å². The lowest BCUT2D eigenvalue weighted by atomic mass is 9.98. The van der Waals surface area contributed by atoms with Crippen LogP contribution >= 0.6 is 0 Å². The quantitative estimate of drug-likeness (QED) is 0.865. The van der Waals surface area contributed by atoms with E-state index in [4.69, 9.17) is 0 Å². The van der Waals surface area contributed by atoms with Crippen LogP contribution in [0, 0.1) is 6.92 Å². The molecule has 1 aliphatic rings. The molecule has 0 spiro atoms. The van der Waals surface area contributed by atoms with E-state index in [2.05, 4.69) is 19.2 Å². The Labute approximate surface area is 132 Å². The maximum absolute atomic E-state index is 12.3. The van der Waals surface area contributed by atoms with Gasteiger partial charge in [0, 0.05) is 30.6 Å². The molecule has 1 heterocycles. The van der Waals surface area contributed by atoms with E-state index in [1.54, 1.807) is 0 Å². The molecule has 1 fully saturated rings. The predicted octanol–water partition coefficient (Wildman–Crippen LogP) is 3.54. The van der Waals surface area contributed by atoms with E-state index in [0.29, 0.717) is 18.5 Å². The summed E-state index contributed by atoms with van der Waals surface area (Å²) in [6.07, 6.45) is 3.63. The SMILES string of the molecule is Cc1ccc(C(=O)CCNC(=O)N2C(C)CCCC2C)cc1. The topological polar surface area (TPSA) is 49.4 Å². The lowest BCUT2D eigenvalue weighted by Gasteiger charge is -2.38. The van der Waals surface area contributed by atoms with Crippen molar-refractivity contribution in [3.05, 3.63) is 35.4 Å². The fraction of sp³-hybridized carbons (Fsp3) is 0.556. The number of hydrogen-bond donors (Lipinski definition) is 1. The molecule has 1 N–H and O–H groups in total. The van der Waals surface area contributed by atoms with Crippen molar-refractivity contribution in [2.24, 2.45) is 0 Å². The second-order valence-electron chi connectivity index (χ2n) is 6.31. The fourth-order valence-electron chi connectivity index (χ4n) is 3.08. The Bertz CT molecular complexity index is 514. The number of carbonyl (C=O) groups is 2. The second-order valence-corrected chi connectivity index (χ2v) is 6.31. The molecule has 0 saturated carbocycles. The van der Waals surface area contributed by atoms with Crippen LogP contribution in [0.25, 0.3) is 0 Å². The molecule has 4 nitrogen and oxygen atoms in total. The van der Waals surface area contributed by atoms with Crippen molar-refractivity contribution >= 4 is 11.8 Å². The highest BCUT2D eigenvalue weighted by Crippen LogP contribution is 2.22. The van der Waals surface area contributed by atoms with Gasteiger partial charge in [-0.25, -0.2) is 4.79 Å². The molecule has 4 heteroatoms. The first kappa shape index (κ1) is 16.5. The van der Waals surface area contributed by atoms with Crippen LogP contribution in [-0.2, 0) is 0 Å². The Hall–Kier alpha value is -1.84. The second kappa shape index (κ2) is 7.43. The summed E-state index contributed by atoms with van der Waals surface area (Å²) in [6.45, 7) is 6.57. The summed E-state index contributed by atoms with van der Waals surface area (Å²) < 4.78 is 0. The average Bonchev–Trinajstić information content (AvgIpc) is 2.47. The molecule has 120 valence electrons. The number of likely N-dealkylation sites (tertiary alicyclic amines) is 1. The van der Waals surface area contributed by atoms with Gasteiger partial charge in [0.2, 0.25) is 0 Å². The van der Waals surface area contributed by atoms with Gasteiger partial charge in [-0.15, -0.1) is 0 Å². The maximum atomic E-state index is 12.3. The normalized spacial score (nSPS) is 21.5. The predicted molar refractivity (Wildman–Crippen MR) is 88.1 cm³/mol. The zero-order valence-corrected chi connectivity index (χ0v) is 13.8. The molecule has 0 bridgehead atoms. The Morgan fingerprint density at radius 3 is 2.32 bits per heavy atom. The first-order valence-corrected chi connectivity index (χ1v) is 8.15. The smallest absolute Gasteiger partial charge is 0.317 e. The molecule has 2 amide bonds. The van der Waals surface area contributed by atoms with Gasteiger partial charge in [0.15, 0.2) is 5.78 Å². The van der Waals surface area contributed by atoms with Crippen LogP contribution in [0.4, 0.5) is 4.79 Å². The molecule has 2 rings (SSSR count). The number of urea groups is 1. The van der Waals surface area contributed by atoms with Crippen molar-refractivity contribution in [1.82, 2.24) is 10.2 Å². The van der Waals surface area contributed by atoms with Gasteiger partial charge in [-0.3, -0.25) is 4.79 Å². The lowest BCUT2D eigenvalue weighted by Crippen LogP contribution is -2.52. The summed E-state index contributed by atoms with van der Waals surface area (Å²) >= 11 is 0. The Balaban J connectivity index is 1.81. The molecular weight excluding hydrogens is 276 g/mol. The highest BCUT2D eigenvalue weighted by Gasteiger charge is 2.28. The van der Waals surface area contributed by atoms with Crippen LogP contribution in [0.2, 0.25) is 0 Å². The van der Waals surface area contributed by atoms with Crippen molar-refractivity contribution < 1.29 is 9.59 Å². The lowest BCUT2D eigenvalue weighted by molar-refractivity contribution is 0.0980. The minimum atomic E-state index is -0.0450. The number of carbonyl (C=O) groups excluding carboxylic acids is 2. The van der Waals surface area contributed by atoms with Crippen LogP contribution in [-0.4, -0.2) is 35.3 Å². The van der Waals surface area contributed by atoms with Gasteiger partial charge in [-0.2, -0.15) is 0 Å². The summed E-state index contributed by atoms with van der Waals surface area (Å²) in [6, 6.07) is 8.05. The molecule has 1 aliphatic heterocycles. The van der Waals surface area contributed by atoms with Gasteiger partial charge < -0.3 is 10.2 Å². The number of ketones is 1. The summed E-state index contributed by atoms with van der Waals surface area (Å²) in [7, 11) is 0. The summed E-state index contributed by atoms with van der Waals surface area (Å²) in [4.78, 5) is 26.3. The Morgan fingerprint density at radius 1 is 1.14 bits per heavy atom. The summed E-state index contributed by atoms with van der Waals surface area (Å²) in [5.41, 5.74) is 1.84. The van der Waals surface area contributed by atoms with Gasteiger partial charge in [0.05, 0.1) is 0 Å². The van der Waals surface area contributed by atoms with Gasteiger partial charge in [0.1, 0.15) is 0 Å². The number of benzene rings is 1. The van der Waals surface area contributed by atoms with E-state index in [0.717, 1.165) is 18.4 Å². The van der Waals surface area contributed by atoms with Crippen LogP contribution < -0.4 is 5.32 Å². The highest BCUT2D eigenvalue weighted by molar-refractivity contribution is 5.96. The minimum absolute atomic E-state index is 0.0450. The molecule has 0 aromatic heterocycles. The molecule has 1 saturated heterocycles. The molecule has 1 aromatic carbocycles. The first-order valence-electron chi connectivity index (χ1n) is 8.15. The van der Waals surface area contributed by atoms with Gasteiger partial charge in [-0.1, -0.05) is 29.8 Å². The number of Topliss-reactive ketones (excluding diaryl/α,β-unsaturated/α-hetero) is 1. The summed E-state index contributed by atoms with van der Waals surface area (Å²) in [5, 5.41) is 2.89. The van der Waals surface area contributed by atoms with Crippen LogP contribution in [0.3, 0.4) is 0 Å². The minimum Gasteiger partial charge on any atom is -0.338 e. The van der Waals surface area contributed by atoms with E-state index in [-0.39, 0.29) is 23.9 Å². The molecule has 22 heavy (non-hydrogen) atoms. The Kier molecular flexibility index (Phi) is 5.58. The van der Waals surface area contributed by atoms with Crippen molar-refractivity contribution in [2.45, 2.75) is 58.5 Å². The number of nitrogens with zero attached hydrogens (tertiary/aromatic N) is 1. The van der Waals surface area contributed by atoms with Crippen molar-refractivity contribution in [2.75, 3.05) is 6.54 Å². The maximum Gasteiger partial charge on any atom is 0.317 e. The third-order valence-corrected chi connectivity index (χ3v) is 4.43. The number of amides is 2. The van der Waals surface area contributed by atoms with E-state index < -0.39 is 0 Å². The van der Waals surface area contributed by atoms with Crippen LogP contribution in [0.15, 0.2) is 24.3 Å². The van der Waals surface area contributed by atoms with Crippen LogP contribution in [0.1, 0.15) is 55.5 Å². The molecule has 2 atom stereocenters. The number of piperidine rings is 1. The molecule has 0 radical (unpaired) electrons. The number of nitrogens with one attached hydrogen (secondary N) is 1. The number of aryl methyl sites for hydroxylation is 1. The van der Waals surface area contributed by atoms with E-state index in [1.165, 1.54) is 6.42 Å². The van der Waals surface area contributed by atoms with E-state index in [9.17, 15) is 9.59 Å². The van der Waals surface area contributed by atoms with Crippen LogP contribution in [0.5, 0.6) is 0 Å². The zero-order chi connectivity index (χ0) is 16.1. The molecule has 1 aromatic rings. The average molecular weight is 302 g/mol. The van der Waals surface area contributed by atoms with Crippen molar-refractivity contribution in [1.29, 1.82) is 0 Å². The zero-order valence-electron chi connectivity index (χ0n) is 13.8. The van der Waals surface area contributed by atoms with Crippen molar-refractivity contribution in [3.8, 4) is 0 Å². The molecule has 2 unspecified atom stereocenters. The fourth-order valence-corrected chi connectivity index (χ4v) is 3.08. The highest BCUT2D eigenvalue weighted by atomic mass is 16.2. The standard InChI is InChI=1S/C18H26N2O2/c1-13-7-9-16(10-8-13)17(21)11-12-19-18(22)20-14(2)5-4-6-15(20)3/h7-10,14-15H,4-6,11-12H2,1-3H3,(H,19,22). The van der Waals surface area contributed by atoms with Gasteiger partial charge in [-0.05, 0) is 40.0 Å². The monoisotopic (exact) mass is 302 g/mol. The van der Waals surface area contributed by atoms with E-state index in [1.807, 2.05) is 36.1 Å². The third-order valence-electron chi connectivity index (χ3n) is 4.43. The number of rotatable bonds is 4. The van der Waals surface area contributed by atoms with Crippen molar-refractivity contribution in [3.63, 3.8) is 0 Å². The van der Waals surface area contributed by atoms with Gasteiger partial charge in [0.25, 0.3) is 0 Å². The summed E-state index contributed by atoms with van der Waals surface area (Å²) in [5.74, 6) is 0.0695. The Morgan fingerprint density at radius 2 is 1.73 bits per heavy atom. The first-order chi connectivity index (χ1) is 10.5.